The first-order valence-electron chi connectivity index (χ1n) is 5.98. The van der Waals surface area contributed by atoms with Crippen LogP contribution in [0.1, 0.15) is 32.8 Å². The van der Waals surface area contributed by atoms with Crippen LogP contribution in [0.2, 0.25) is 0 Å². The van der Waals surface area contributed by atoms with Gasteiger partial charge in [-0.05, 0) is 47.7 Å². The average molecular weight is 300 g/mol. The number of anilines is 2. The molecule has 1 aromatic rings. The number of hydrogen-bond acceptors (Lipinski definition) is 3. The maximum atomic E-state index is 5.84. The van der Waals surface area contributed by atoms with Gasteiger partial charge in [-0.25, -0.2) is 4.98 Å². The van der Waals surface area contributed by atoms with E-state index in [0.717, 1.165) is 28.0 Å². The third-order valence-corrected chi connectivity index (χ3v) is 4.04. The van der Waals surface area contributed by atoms with E-state index in [1.807, 2.05) is 6.92 Å². The highest BCUT2D eigenvalue weighted by molar-refractivity contribution is 9.10. The van der Waals surface area contributed by atoms with E-state index in [4.69, 9.17) is 5.73 Å². The second-order valence-corrected chi connectivity index (χ2v) is 5.86. The van der Waals surface area contributed by atoms with Gasteiger partial charge in [-0.3, -0.25) is 0 Å². The van der Waals surface area contributed by atoms with Gasteiger partial charge in [0.1, 0.15) is 5.82 Å². The van der Waals surface area contributed by atoms with Gasteiger partial charge in [0.2, 0.25) is 0 Å². The maximum Gasteiger partial charge on any atom is 0.143 e. The second kappa shape index (κ2) is 5.71. The minimum absolute atomic E-state index is 0.460. The van der Waals surface area contributed by atoms with Gasteiger partial charge in [-0.1, -0.05) is 13.8 Å². The van der Waals surface area contributed by atoms with Crippen molar-refractivity contribution >= 4 is 27.4 Å². The van der Waals surface area contributed by atoms with E-state index < -0.39 is 0 Å². The summed E-state index contributed by atoms with van der Waals surface area (Å²) in [6.45, 7) is 8.70. The van der Waals surface area contributed by atoms with Crippen LogP contribution in [-0.2, 0) is 0 Å². The number of pyridine rings is 1. The van der Waals surface area contributed by atoms with E-state index in [0.29, 0.717) is 12.0 Å². The summed E-state index contributed by atoms with van der Waals surface area (Å²) in [5, 5.41) is 0. The molecule has 1 unspecified atom stereocenters. The third-order valence-electron chi connectivity index (χ3n) is 3.09. The van der Waals surface area contributed by atoms with Crippen molar-refractivity contribution in [2.45, 2.75) is 40.2 Å². The largest absolute Gasteiger partial charge is 0.397 e. The average Bonchev–Trinajstić information content (AvgIpc) is 2.24. The van der Waals surface area contributed by atoms with Crippen molar-refractivity contribution in [3.8, 4) is 0 Å². The summed E-state index contributed by atoms with van der Waals surface area (Å²) in [4.78, 5) is 6.63. The SMILES string of the molecule is Cc1c(N)cnc(N(C)C(C)CC(C)C)c1Br. The predicted octanol–water partition coefficient (Wildman–Crippen LogP) is 3.61. The quantitative estimate of drug-likeness (QED) is 0.923. The Morgan fingerprint density at radius 3 is 2.53 bits per heavy atom. The molecule has 0 radical (unpaired) electrons. The topological polar surface area (TPSA) is 42.1 Å². The Morgan fingerprint density at radius 2 is 2.00 bits per heavy atom. The van der Waals surface area contributed by atoms with Crippen LogP contribution in [0.3, 0.4) is 0 Å². The second-order valence-electron chi connectivity index (χ2n) is 5.07. The molecule has 96 valence electrons. The number of nitrogens with zero attached hydrogens (tertiary/aromatic N) is 2. The molecule has 1 rings (SSSR count). The summed E-state index contributed by atoms with van der Waals surface area (Å²) >= 11 is 3.58. The van der Waals surface area contributed by atoms with E-state index in [2.05, 4.69) is 53.6 Å². The highest BCUT2D eigenvalue weighted by atomic mass is 79.9. The molecular formula is C13H22BrN3. The molecule has 0 fully saturated rings. The van der Waals surface area contributed by atoms with Crippen LogP contribution >= 0.6 is 15.9 Å². The molecule has 1 aromatic heterocycles. The summed E-state index contributed by atoms with van der Waals surface area (Å²) in [5.74, 6) is 1.64. The molecule has 17 heavy (non-hydrogen) atoms. The first-order valence-corrected chi connectivity index (χ1v) is 6.77. The van der Waals surface area contributed by atoms with Crippen LogP contribution in [0, 0.1) is 12.8 Å². The predicted molar refractivity (Wildman–Crippen MR) is 78.4 cm³/mol. The molecule has 2 N–H and O–H groups in total. The minimum atomic E-state index is 0.460. The molecular weight excluding hydrogens is 278 g/mol. The van der Waals surface area contributed by atoms with Crippen LogP contribution in [0.4, 0.5) is 11.5 Å². The number of rotatable bonds is 4. The lowest BCUT2D eigenvalue weighted by molar-refractivity contribution is 0.501. The van der Waals surface area contributed by atoms with Crippen molar-refractivity contribution in [3.63, 3.8) is 0 Å². The normalized spacial score (nSPS) is 12.9. The molecule has 0 aliphatic heterocycles. The van der Waals surface area contributed by atoms with Gasteiger partial charge in [0.05, 0.1) is 16.4 Å². The number of hydrogen-bond donors (Lipinski definition) is 1. The molecule has 3 nitrogen and oxygen atoms in total. The summed E-state index contributed by atoms with van der Waals surface area (Å²) < 4.78 is 0.996. The zero-order valence-corrected chi connectivity index (χ0v) is 12.9. The van der Waals surface area contributed by atoms with E-state index in [1.54, 1.807) is 6.20 Å². The number of aromatic nitrogens is 1. The van der Waals surface area contributed by atoms with Crippen molar-refractivity contribution in [3.05, 3.63) is 16.2 Å². The molecule has 0 aromatic carbocycles. The highest BCUT2D eigenvalue weighted by Gasteiger charge is 2.17. The third kappa shape index (κ3) is 3.35. The van der Waals surface area contributed by atoms with Crippen LogP contribution in [0.15, 0.2) is 10.7 Å². The fourth-order valence-electron chi connectivity index (χ4n) is 1.87. The van der Waals surface area contributed by atoms with Crippen molar-refractivity contribution < 1.29 is 0 Å². The van der Waals surface area contributed by atoms with Gasteiger partial charge in [-0.2, -0.15) is 0 Å². The lowest BCUT2D eigenvalue weighted by atomic mass is 10.0. The van der Waals surface area contributed by atoms with E-state index in [1.165, 1.54) is 0 Å². The molecule has 1 heterocycles. The standard InChI is InChI=1S/C13H22BrN3/c1-8(2)6-9(3)17(5)13-12(14)10(4)11(15)7-16-13/h7-9H,6,15H2,1-5H3. The van der Waals surface area contributed by atoms with Crippen LogP contribution < -0.4 is 10.6 Å². The van der Waals surface area contributed by atoms with Gasteiger partial charge < -0.3 is 10.6 Å². The lowest BCUT2D eigenvalue weighted by Gasteiger charge is -2.28. The Morgan fingerprint density at radius 1 is 1.41 bits per heavy atom. The summed E-state index contributed by atoms with van der Waals surface area (Å²) in [6.07, 6.45) is 2.88. The molecule has 0 bridgehead atoms. The summed E-state index contributed by atoms with van der Waals surface area (Å²) in [7, 11) is 2.08. The first-order chi connectivity index (χ1) is 7.84. The molecule has 0 amide bonds. The molecule has 0 aliphatic carbocycles. The van der Waals surface area contributed by atoms with Crippen LogP contribution in [-0.4, -0.2) is 18.1 Å². The van der Waals surface area contributed by atoms with Crippen molar-refractivity contribution in [2.75, 3.05) is 17.7 Å². The Balaban J connectivity index is 2.96. The van der Waals surface area contributed by atoms with Gasteiger partial charge in [0, 0.05) is 13.1 Å². The number of nitrogens with two attached hydrogens (primary N) is 1. The fourth-order valence-corrected chi connectivity index (χ4v) is 2.48. The van der Waals surface area contributed by atoms with Crippen molar-refractivity contribution in [1.82, 2.24) is 4.98 Å². The zero-order chi connectivity index (χ0) is 13.2. The summed E-state index contributed by atoms with van der Waals surface area (Å²) in [6, 6.07) is 0.460. The summed E-state index contributed by atoms with van der Waals surface area (Å²) in [5.41, 5.74) is 7.62. The highest BCUT2D eigenvalue weighted by Crippen LogP contribution is 2.31. The Labute approximate surface area is 113 Å². The lowest BCUT2D eigenvalue weighted by Crippen LogP contribution is -2.31. The first kappa shape index (κ1) is 14.3. The molecule has 4 heteroatoms. The monoisotopic (exact) mass is 299 g/mol. The maximum absolute atomic E-state index is 5.84. The van der Waals surface area contributed by atoms with Crippen molar-refractivity contribution in [1.29, 1.82) is 0 Å². The van der Waals surface area contributed by atoms with Gasteiger partial charge in [0.15, 0.2) is 0 Å². The smallest absolute Gasteiger partial charge is 0.143 e. The molecule has 0 aliphatic rings. The van der Waals surface area contributed by atoms with E-state index in [9.17, 15) is 0 Å². The molecule has 0 spiro atoms. The Hall–Kier alpha value is -0.770. The van der Waals surface area contributed by atoms with Gasteiger partial charge in [-0.15, -0.1) is 0 Å². The van der Waals surface area contributed by atoms with Gasteiger partial charge >= 0.3 is 0 Å². The molecule has 1 atom stereocenters. The molecule has 0 saturated heterocycles. The Kier molecular flexibility index (Phi) is 4.80. The number of halogens is 1. The fraction of sp³-hybridized carbons (Fsp3) is 0.615. The van der Waals surface area contributed by atoms with Crippen molar-refractivity contribution in [2.24, 2.45) is 5.92 Å². The van der Waals surface area contributed by atoms with E-state index in [-0.39, 0.29) is 0 Å². The number of nitrogen functional groups attached to an aromatic ring is 1. The van der Waals surface area contributed by atoms with Crippen LogP contribution in [0.25, 0.3) is 0 Å². The van der Waals surface area contributed by atoms with Crippen LogP contribution in [0.5, 0.6) is 0 Å². The van der Waals surface area contributed by atoms with E-state index >= 15 is 0 Å². The van der Waals surface area contributed by atoms with Gasteiger partial charge in [0.25, 0.3) is 0 Å². The minimum Gasteiger partial charge on any atom is -0.397 e. The Bertz CT molecular complexity index is 390. The zero-order valence-electron chi connectivity index (χ0n) is 11.3. The molecule has 0 saturated carbocycles.